The molecular formula is C14H9BrClFN2OS2. The summed E-state index contributed by atoms with van der Waals surface area (Å²) in [6, 6.07) is 8.61. The Bertz CT molecular complexity index is 773. The van der Waals surface area contributed by atoms with Crippen LogP contribution in [0.15, 0.2) is 43.8 Å². The Kier molecular flexibility index (Phi) is 5.18. The number of rotatable bonds is 5. The minimum Gasteiger partial charge on any atom is -0.416 e. The Balaban J connectivity index is 1.66. The highest BCUT2D eigenvalue weighted by Crippen LogP contribution is 2.29. The molecule has 0 saturated carbocycles. The summed E-state index contributed by atoms with van der Waals surface area (Å²) in [6.45, 7) is 0. The molecule has 114 valence electrons. The lowest BCUT2D eigenvalue weighted by Crippen LogP contribution is -1.94. The zero-order valence-electron chi connectivity index (χ0n) is 11.1. The third-order valence-corrected chi connectivity index (χ3v) is 5.83. The molecule has 0 spiro atoms. The molecule has 0 aliphatic heterocycles. The van der Waals surface area contributed by atoms with Crippen molar-refractivity contribution in [3.63, 3.8) is 0 Å². The molecule has 1 aromatic carbocycles. The van der Waals surface area contributed by atoms with Crippen molar-refractivity contribution in [2.45, 2.75) is 17.4 Å². The molecule has 0 bridgehead atoms. The van der Waals surface area contributed by atoms with Gasteiger partial charge >= 0.3 is 0 Å². The average molecular weight is 420 g/mol. The molecule has 3 aromatic rings. The predicted octanol–water partition coefficient (Wildman–Crippen LogP) is 5.57. The van der Waals surface area contributed by atoms with E-state index in [0.717, 1.165) is 9.54 Å². The second-order valence-corrected chi connectivity index (χ2v) is 8.21. The van der Waals surface area contributed by atoms with Gasteiger partial charge in [0.05, 0.1) is 10.2 Å². The number of hydrogen-bond acceptors (Lipinski definition) is 5. The molecule has 0 fully saturated rings. The van der Waals surface area contributed by atoms with Crippen molar-refractivity contribution in [1.29, 1.82) is 0 Å². The van der Waals surface area contributed by atoms with Crippen LogP contribution < -0.4 is 0 Å². The van der Waals surface area contributed by atoms with E-state index in [9.17, 15) is 4.39 Å². The number of benzene rings is 1. The number of aromatic nitrogens is 2. The minimum atomic E-state index is -0.372. The van der Waals surface area contributed by atoms with E-state index in [1.807, 2.05) is 12.1 Å². The predicted molar refractivity (Wildman–Crippen MR) is 90.1 cm³/mol. The molecule has 3 rings (SSSR count). The zero-order valence-corrected chi connectivity index (χ0v) is 15.0. The van der Waals surface area contributed by atoms with E-state index in [4.69, 9.17) is 16.0 Å². The molecular weight excluding hydrogens is 411 g/mol. The maximum absolute atomic E-state index is 13.7. The molecule has 8 heteroatoms. The maximum atomic E-state index is 13.7. The van der Waals surface area contributed by atoms with Crippen LogP contribution in [0.25, 0.3) is 0 Å². The molecule has 22 heavy (non-hydrogen) atoms. The number of hydrogen-bond donors (Lipinski definition) is 0. The molecule has 0 aliphatic rings. The van der Waals surface area contributed by atoms with Gasteiger partial charge in [0.25, 0.3) is 5.22 Å². The molecule has 0 N–H and O–H groups in total. The summed E-state index contributed by atoms with van der Waals surface area (Å²) in [6.07, 6.45) is 0.184. The topological polar surface area (TPSA) is 38.9 Å². The van der Waals surface area contributed by atoms with E-state index in [1.165, 1.54) is 22.7 Å². The highest BCUT2D eigenvalue weighted by atomic mass is 79.9. The van der Waals surface area contributed by atoms with Crippen molar-refractivity contribution in [1.82, 2.24) is 10.2 Å². The van der Waals surface area contributed by atoms with E-state index in [0.29, 0.717) is 21.7 Å². The van der Waals surface area contributed by atoms with Crippen LogP contribution in [0, 0.1) is 5.82 Å². The lowest BCUT2D eigenvalue weighted by molar-refractivity contribution is 0.418. The fourth-order valence-corrected chi connectivity index (χ4v) is 4.32. The first kappa shape index (κ1) is 16.0. The molecule has 0 unspecified atom stereocenters. The Morgan fingerprint density at radius 2 is 2.14 bits per heavy atom. The Hall–Kier alpha value is -0.890. The van der Waals surface area contributed by atoms with E-state index in [-0.39, 0.29) is 12.2 Å². The number of thiophene rings is 1. The molecule has 0 saturated heterocycles. The quantitative estimate of drug-likeness (QED) is 0.507. The zero-order chi connectivity index (χ0) is 15.5. The van der Waals surface area contributed by atoms with Crippen molar-refractivity contribution >= 4 is 50.6 Å². The van der Waals surface area contributed by atoms with Crippen molar-refractivity contribution in [2.24, 2.45) is 0 Å². The van der Waals surface area contributed by atoms with Crippen molar-refractivity contribution in [3.05, 3.63) is 61.3 Å². The highest BCUT2D eigenvalue weighted by Gasteiger charge is 2.13. The van der Waals surface area contributed by atoms with Crippen LogP contribution in [0.1, 0.15) is 16.3 Å². The first-order valence-corrected chi connectivity index (χ1v) is 9.21. The number of nitrogens with zero attached hydrogens (tertiary/aromatic N) is 2. The van der Waals surface area contributed by atoms with Crippen LogP contribution in [0.2, 0.25) is 5.02 Å². The number of thioether (sulfide) groups is 1. The largest absolute Gasteiger partial charge is 0.416 e. The Morgan fingerprint density at radius 1 is 1.27 bits per heavy atom. The monoisotopic (exact) mass is 418 g/mol. The SMILES string of the molecule is Fc1cccc(Cl)c1Cc1nnc(SCc2ccc(Br)s2)o1. The third kappa shape index (κ3) is 3.90. The summed E-state index contributed by atoms with van der Waals surface area (Å²) in [7, 11) is 0. The first-order chi connectivity index (χ1) is 10.6. The van der Waals surface area contributed by atoms with Gasteiger partial charge < -0.3 is 4.42 Å². The van der Waals surface area contributed by atoms with Crippen molar-refractivity contribution < 1.29 is 8.81 Å². The summed E-state index contributed by atoms with van der Waals surface area (Å²) in [5.74, 6) is 0.725. The van der Waals surface area contributed by atoms with Gasteiger partial charge in [-0.3, -0.25) is 0 Å². The van der Waals surface area contributed by atoms with Gasteiger partial charge in [0.1, 0.15) is 5.82 Å². The van der Waals surface area contributed by atoms with Crippen LogP contribution in [-0.4, -0.2) is 10.2 Å². The summed E-state index contributed by atoms with van der Waals surface area (Å²) in [5, 5.41) is 8.73. The summed E-state index contributed by atoms with van der Waals surface area (Å²) < 4.78 is 20.4. The van der Waals surface area contributed by atoms with Crippen LogP contribution in [0.5, 0.6) is 0 Å². The summed E-state index contributed by atoms with van der Waals surface area (Å²) >= 11 is 12.5. The summed E-state index contributed by atoms with van der Waals surface area (Å²) in [4.78, 5) is 1.20. The van der Waals surface area contributed by atoms with Gasteiger partial charge in [-0.15, -0.1) is 21.5 Å². The minimum absolute atomic E-state index is 0.184. The van der Waals surface area contributed by atoms with E-state index in [1.54, 1.807) is 23.5 Å². The van der Waals surface area contributed by atoms with Crippen LogP contribution in [-0.2, 0) is 12.2 Å². The lowest BCUT2D eigenvalue weighted by atomic mass is 10.1. The molecule has 2 aromatic heterocycles. The van der Waals surface area contributed by atoms with Crippen LogP contribution in [0.4, 0.5) is 4.39 Å². The second kappa shape index (κ2) is 7.12. The Morgan fingerprint density at radius 3 is 2.86 bits per heavy atom. The molecule has 0 radical (unpaired) electrons. The van der Waals surface area contributed by atoms with Gasteiger partial charge in [0.2, 0.25) is 5.89 Å². The summed E-state index contributed by atoms with van der Waals surface area (Å²) in [5.41, 5.74) is 0.367. The molecule has 0 atom stereocenters. The Labute approximate surface area is 148 Å². The van der Waals surface area contributed by atoms with Crippen molar-refractivity contribution in [2.75, 3.05) is 0 Å². The lowest BCUT2D eigenvalue weighted by Gasteiger charge is -2.01. The smallest absolute Gasteiger partial charge is 0.276 e. The fraction of sp³-hybridized carbons (Fsp3) is 0.143. The molecule has 0 aliphatic carbocycles. The third-order valence-electron chi connectivity index (χ3n) is 2.80. The molecule has 2 heterocycles. The van der Waals surface area contributed by atoms with Gasteiger partial charge in [0.15, 0.2) is 0 Å². The van der Waals surface area contributed by atoms with Gasteiger partial charge in [0, 0.05) is 21.2 Å². The van der Waals surface area contributed by atoms with Crippen LogP contribution in [0.3, 0.4) is 0 Å². The normalized spacial score (nSPS) is 11.0. The van der Waals surface area contributed by atoms with Gasteiger partial charge in [-0.25, -0.2) is 4.39 Å². The van der Waals surface area contributed by atoms with E-state index in [2.05, 4.69) is 26.1 Å². The second-order valence-electron chi connectivity index (χ2n) is 4.33. The van der Waals surface area contributed by atoms with Gasteiger partial charge in [-0.05, 0) is 40.2 Å². The maximum Gasteiger partial charge on any atom is 0.276 e. The van der Waals surface area contributed by atoms with Gasteiger partial charge in [-0.2, -0.15) is 0 Å². The fourth-order valence-electron chi connectivity index (χ4n) is 1.78. The van der Waals surface area contributed by atoms with Gasteiger partial charge in [-0.1, -0.05) is 29.4 Å². The van der Waals surface area contributed by atoms with E-state index >= 15 is 0 Å². The van der Waals surface area contributed by atoms with Crippen molar-refractivity contribution in [3.8, 4) is 0 Å². The average Bonchev–Trinajstić information content (AvgIpc) is 3.10. The first-order valence-electron chi connectivity index (χ1n) is 6.24. The highest BCUT2D eigenvalue weighted by molar-refractivity contribution is 9.11. The van der Waals surface area contributed by atoms with Crippen LogP contribution >= 0.6 is 50.6 Å². The molecule has 3 nitrogen and oxygen atoms in total. The standard InChI is InChI=1S/C14H9BrClFN2OS2/c15-12-5-4-8(22-12)7-21-14-19-18-13(20-14)6-9-10(16)2-1-3-11(9)17/h1-5H,6-7H2. The number of halogens is 3. The molecule has 0 amide bonds. The van der Waals surface area contributed by atoms with E-state index < -0.39 is 0 Å².